The van der Waals surface area contributed by atoms with Crippen LogP contribution in [0.5, 0.6) is 0 Å². The lowest BCUT2D eigenvalue weighted by atomic mass is 10.1. The first-order chi connectivity index (χ1) is 9.61. The van der Waals surface area contributed by atoms with Crippen LogP contribution in [0.3, 0.4) is 0 Å². The van der Waals surface area contributed by atoms with Gasteiger partial charge in [0.1, 0.15) is 23.3 Å². The Morgan fingerprint density at radius 1 is 1.29 bits per heavy atom. The second-order valence-electron chi connectivity index (χ2n) is 5.76. The van der Waals surface area contributed by atoms with Gasteiger partial charge in [0, 0.05) is 12.0 Å². The van der Waals surface area contributed by atoms with Crippen LogP contribution >= 0.6 is 0 Å². The maximum Gasteiger partial charge on any atom is 0.415 e. The largest absolute Gasteiger partial charge is 0.480 e. The second kappa shape index (κ2) is 4.98. The number of aliphatic carboxylic acids is 1. The summed E-state index contributed by atoms with van der Waals surface area (Å²) < 4.78 is 32.8. The Hall–Kier alpha value is -2.18. The molecule has 114 valence electrons. The molecule has 1 aliphatic heterocycles. The molecule has 1 unspecified atom stereocenters. The molecule has 21 heavy (non-hydrogen) atoms. The lowest BCUT2D eigenvalue weighted by Gasteiger charge is -2.27. The first kappa shape index (κ1) is 15.2. The molecule has 7 heteroatoms. The number of carboxylic acid groups (broad SMARTS) is 1. The first-order valence-electron chi connectivity index (χ1n) is 6.33. The van der Waals surface area contributed by atoms with Crippen molar-refractivity contribution < 1.29 is 28.2 Å². The highest BCUT2D eigenvalue weighted by molar-refractivity contribution is 5.98. The molecule has 2 rings (SSSR count). The Morgan fingerprint density at radius 2 is 1.86 bits per heavy atom. The fraction of sp³-hybridized carbons (Fsp3) is 0.429. The summed E-state index contributed by atoms with van der Waals surface area (Å²) in [6.07, 6.45) is -1.31. The molecule has 0 bridgehead atoms. The van der Waals surface area contributed by atoms with Gasteiger partial charge < -0.3 is 9.84 Å². The van der Waals surface area contributed by atoms with Gasteiger partial charge in [0.05, 0.1) is 5.69 Å². The van der Waals surface area contributed by atoms with Gasteiger partial charge in [0.15, 0.2) is 0 Å². The van der Waals surface area contributed by atoms with Gasteiger partial charge in [-0.25, -0.2) is 18.4 Å². The van der Waals surface area contributed by atoms with Crippen LogP contribution in [0.4, 0.5) is 19.3 Å². The van der Waals surface area contributed by atoms with Crippen molar-refractivity contribution in [3.05, 3.63) is 29.3 Å². The highest BCUT2D eigenvalue weighted by Crippen LogP contribution is 2.37. The molecular weight excluding hydrogens is 284 g/mol. The van der Waals surface area contributed by atoms with E-state index < -0.39 is 35.3 Å². The molecule has 1 aromatic carbocycles. The fourth-order valence-electron chi connectivity index (χ4n) is 2.21. The summed E-state index contributed by atoms with van der Waals surface area (Å²) in [5.74, 6) is -2.96. The average Bonchev–Trinajstić information content (AvgIpc) is 2.73. The Bertz CT molecular complexity index is 610. The molecule has 0 aliphatic carbocycles. The van der Waals surface area contributed by atoms with Crippen LogP contribution in [0.25, 0.3) is 0 Å². The average molecular weight is 299 g/mol. The highest BCUT2D eigenvalue weighted by atomic mass is 19.1. The number of carbonyl (C=O) groups is 2. The lowest BCUT2D eigenvalue weighted by molar-refractivity contribution is -0.138. The van der Waals surface area contributed by atoms with E-state index in [9.17, 15) is 23.5 Å². The van der Waals surface area contributed by atoms with Gasteiger partial charge in [-0.2, -0.15) is 0 Å². The third-order valence-corrected chi connectivity index (χ3v) is 3.00. The summed E-state index contributed by atoms with van der Waals surface area (Å²) >= 11 is 0. The van der Waals surface area contributed by atoms with E-state index in [2.05, 4.69) is 0 Å². The van der Waals surface area contributed by atoms with Gasteiger partial charge in [0.2, 0.25) is 0 Å². The summed E-state index contributed by atoms with van der Waals surface area (Å²) in [6, 6.07) is 0.378. The van der Waals surface area contributed by atoms with Gasteiger partial charge in [0.25, 0.3) is 0 Å². The number of carboxylic acids is 1. The quantitative estimate of drug-likeness (QED) is 0.866. The van der Waals surface area contributed by atoms with Crippen LogP contribution in [-0.2, 0) is 16.0 Å². The molecule has 1 aliphatic rings. The molecule has 0 saturated heterocycles. The summed E-state index contributed by atoms with van der Waals surface area (Å²) in [5, 5.41) is 9.19. The van der Waals surface area contributed by atoms with Gasteiger partial charge in [-0.1, -0.05) is 0 Å². The van der Waals surface area contributed by atoms with Crippen LogP contribution in [0.1, 0.15) is 26.3 Å². The maximum atomic E-state index is 13.9. The standard InChI is InChI=1S/C14H15F2NO4/c1-14(2,3)21-13(20)17-10(12(18)19)6-7-8(15)4-5-9(16)11(7)17/h4-5,10H,6H2,1-3H3,(H,18,19). The third kappa shape index (κ3) is 2.81. The van der Waals surface area contributed by atoms with Crippen molar-refractivity contribution >= 4 is 17.7 Å². The number of nitrogens with zero attached hydrogens (tertiary/aromatic N) is 1. The zero-order valence-corrected chi connectivity index (χ0v) is 11.8. The Kier molecular flexibility index (Phi) is 3.61. The lowest BCUT2D eigenvalue weighted by Crippen LogP contribution is -2.45. The van der Waals surface area contributed by atoms with Gasteiger partial charge in [-0.05, 0) is 32.9 Å². The first-order valence-corrected chi connectivity index (χ1v) is 6.33. The topological polar surface area (TPSA) is 66.8 Å². The maximum absolute atomic E-state index is 13.9. The SMILES string of the molecule is CC(C)(C)OC(=O)N1c2c(F)ccc(F)c2CC1C(=O)O. The Morgan fingerprint density at radius 3 is 2.38 bits per heavy atom. The molecule has 1 heterocycles. The zero-order valence-electron chi connectivity index (χ0n) is 11.8. The van der Waals surface area contributed by atoms with Crippen molar-refractivity contribution in [2.75, 3.05) is 4.90 Å². The highest BCUT2D eigenvalue weighted by Gasteiger charge is 2.43. The van der Waals surface area contributed by atoms with Crippen LogP contribution in [0.15, 0.2) is 12.1 Å². The van der Waals surface area contributed by atoms with Crippen molar-refractivity contribution in [2.24, 2.45) is 0 Å². The molecule has 1 atom stereocenters. The number of anilines is 1. The monoisotopic (exact) mass is 299 g/mol. The minimum Gasteiger partial charge on any atom is -0.480 e. The van der Waals surface area contributed by atoms with E-state index in [-0.39, 0.29) is 17.7 Å². The number of fused-ring (bicyclic) bond motifs is 1. The summed E-state index contributed by atoms with van der Waals surface area (Å²) in [6.45, 7) is 4.79. The Balaban J connectivity index is 2.50. The van der Waals surface area contributed by atoms with Crippen LogP contribution in [-0.4, -0.2) is 28.8 Å². The number of rotatable bonds is 1. The molecule has 0 fully saturated rings. The second-order valence-corrected chi connectivity index (χ2v) is 5.76. The molecule has 1 aromatic rings. The molecule has 5 nitrogen and oxygen atoms in total. The summed E-state index contributed by atoms with van der Waals surface area (Å²) in [7, 11) is 0. The van der Waals surface area contributed by atoms with Crippen molar-refractivity contribution in [1.29, 1.82) is 0 Å². The smallest absolute Gasteiger partial charge is 0.415 e. The van der Waals surface area contributed by atoms with Crippen molar-refractivity contribution in [3.8, 4) is 0 Å². The number of ether oxygens (including phenoxy) is 1. The van der Waals surface area contributed by atoms with Crippen molar-refractivity contribution in [2.45, 2.75) is 38.8 Å². The molecule has 0 spiro atoms. The number of benzene rings is 1. The van der Waals surface area contributed by atoms with Crippen molar-refractivity contribution in [3.63, 3.8) is 0 Å². The van der Waals surface area contributed by atoms with E-state index in [0.29, 0.717) is 4.90 Å². The van der Waals surface area contributed by atoms with E-state index in [0.717, 1.165) is 12.1 Å². The predicted molar refractivity (Wildman–Crippen MR) is 70.2 cm³/mol. The molecule has 1 N–H and O–H groups in total. The molecular formula is C14H15F2NO4. The molecule has 0 saturated carbocycles. The van der Waals surface area contributed by atoms with E-state index >= 15 is 0 Å². The number of amides is 1. The van der Waals surface area contributed by atoms with Gasteiger partial charge >= 0.3 is 12.1 Å². The number of hydrogen-bond donors (Lipinski definition) is 1. The molecule has 0 aromatic heterocycles. The van der Waals surface area contributed by atoms with E-state index in [1.807, 2.05) is 0 Å². The summed E-state index contributed by atoms with van der Waals surface area (Å²) in [4.78, 5) is 24.1. The van der Waals surface area contributed by atoms with E-state index in [1.54, 1.807) is 20.8 Å². The predicted octanol–water partition coefficient (Wildman–Crippen LogP) is 2.72. The Labute approximate surface area is 120 Å². The van der Waals surface area contributed by atoms with Crippen LogP contribution in [0.2, 0.25) is 0 Å². The molecule has 0 radical (unpaired) electrons. The van der Waals surface area contributed by atoms with Crippen LogP contribution < -0.4 is 4.90 Å². The van der Waals surface area contributed by atoms with Crippen molar-refractivity contribution in [1.82, 2.24) is 0 Å². The minimum absolute atomic E-state index is 0.131. The number of hydrogen-bond acceptors (Lipinski definition) is 3. The van der Waals surface area contributed by atoms with E-state index in [1.165, 1.54) is 0 Å². The fourth-order valence-corrected chi connectivity index (χ4v) is 2.21. The van der Waals surface area contributed by atoms with Crippen LogP contribution in [0, 0.1) is 11.6 Å². The third-order valence-electron chi connectivity index (χ3n) is 3.00. The number of carbonyl (C=O) groups excluding carboxylic acids is 1. The molecule has 1 amide bonds. The zero-order chi connectivity index (χ0) is 15.9. The van der Waals surface area contributed by atoms with Gasteiger partial charge in [-0.15, -0.1) is 0 Å². The van der Waals surface area contributed by atoms with E-state index in [4.69, 9.17) is 4.74 Å². The summed E-state index contributed by atoms with van der Waals surface area (Å²) in [5.41, 5.74) is -1.38. The van der Waals surface area contributed by atoms with Gasteiger partial charge in [-0.3, -0.25) is 4.90 Å². The number of halogens is 2. The normalized spacial score (nSPS) is 17.6. The minimum atomic E-state index is -1.39.